The second kappa shape index (κ2) is 18.4. The van der Waals surface area contributed by atoms with E-state index in [4.69, 9.17) is 19.5 Å². The van der Waals surface area contributed by atoms with Gasteiger partial charge in [0.2, 0.25) is 0 Å². The fraction of sp³-hybridized carbons (Fsp3) is 0.320. The molecule has 6 aromatic carbocycles. The molecule has 6 N–H and O–H groups in total. The van der Waals surface area contributed by atoms with Gasteiger partial charge >= 0.3 is 0 Å². The SMILES string of the molecule is COc1ccc2cc(C=N[C@@H]3CCCC[C@H]3NCc3ccccc3O)c(O)c(-c3c(O)c(C=N[C@@H]4CCCC[C@H]4NCc4ccccc4O)cc4ccc(OC)cc34)c2c1. The average molecular weight is 807 g/mol. The summed E-state index contributed by atoms with van der Waals surface area (Å²) in [4.78, 5) is 10.2. The molecule has 8 rings (SSSR count). The highest BCUT2D eigenvalue weighted by molar-refractivity contribution is 6.14. The van der Waals surface area contributed by atoms with Gasteiger partial charge in [-0.15, -0.1) is 0 Å². The summed E-state index contributed by atoms with van der Waals surface area (Å²) < 4.78 is 11.4. The molecular weight excluding hydrogens is 753 g/mol. The van der Waals surface area contributed by atoms with Crippen LogP contribution in [-0.2, 0) is 13.1 Å². The number of benzene rings is 6. The van der Waals surface area contributed by atoms with Gasteiger partial charge in [-0.3, -0.25) is 9.98 Å². The third-order valence-electron chi connectivity index (χ3n) is 12.3. The molecule has 0 aliphatic heterocycles. The normalized spacial score (nSPS) is 19.7. The van der Waals surface area contributed by atoms with Crippen LogP contribution in [0.3, 0.4) is 0 Å². The number of phenolic OH excluding ortho intramolecular Hbond substituents is 4. The Morgan fingerprint density at radius 2 is 0.967 bits per heavy atom. The summed E-state index contributed by atoms with van der Waals surface area (Å²) in [6, 6.07) is 30.2. The van der Waals surface area contributed by atoms with Crippen LogP contribution in [0, 0.1) is 0 Å². The Bertz CT molecular complexity index is 2360. The lowest BCUT2D eigenvalue weighted by Crippen LogP contribution is -2.40. The molecule has 0 bridgehead atoms. The molecule has 10 heteroatoms. The minimum atomic E-state index is -0.0338. The minimum absolute atomic E-state index is 0.0109. The third kappa shape index (κ3) is 8.76. The van der Waals surface area contributed by atoms with Crippen LogP contribution in [0.15, 0.2) is 107 Å². The van der Waals surface area contributed by atoms with Gasteiger partial charge in [-0.05, 0) is 95.8 Å². The summed E-state index contributed by atoms with van der Waals surface area (Å²) in [5.74, 6) is 1.75. The molecule has 0 aromatic heterocycles. The first-order chi connectivity index (χ1) is 29.3. The van der Waals surface area contributed by atoms with E-state index in [0.717, 1.165) is 73.3 Å². The van der Waals surface area contributed by atoms with Crippen LogP contribution in [0.1, 0.15) is 73.6 Å². The molecule has 6 aromatic rings. The molecule has 0 spiro atoms. The number of hydrogen-bond donors (Lipinski definition) is 6. The number of aromatic hydroxyl groups is 4. The molecule has 2 saturated carbocycles. The predicted octanol–water partition coefficient (Wildman–Crippen LogP) is 9.54. The van der Waals surface area contributed by atoms with Gasteiger partial charge in [-0.2, -0.15) is 0 Å². The molecule has 310 valence electrons. The fourth-order valence-electron chi connectivity index (χ4n) is 8.94. The van der Waals surface area contributed by atoms with Crippen molar-refractivity contribution in [1.29, 1.82) is 0 Å². The first-order valence-corrected chi connectivity index (χ1v) is 21.1. The Kier molecular flexibility index (Phi) is 12.5. The van der Waals surface area contributed by atoms with E-state index in [2.05, 4.69) is 10.6 Å². The van der Waals surface area contributed by atoms with E-state index >= 15 is 0 Å². The second-order valence-electron chi connectivity index (χ2n) is 16.0. The number of rotatable bonds is 13. The standard InChI is InChI=1S/C50H54N4O6/c1-59-37-21-19-31-23-35(29-53-43-15-7-5-13-41(43)51-27-33-11-3-9-17-45(33)55)49(57)47(39(31)25-37)48-40-26-38(60-2)22-20-32(40)24-36(50(48)58)30-54-44-16-8-6-14-42(44)52-28-34-12-4-10-18-46(34)56/h3-4,9-12,17-26,29-30,41-44,51-52,55-58H,5-8,13-16,27-28H2,1-2H3/t41-,42-,43-,44-/m1/s1. The molecule has 10 nitrogen and oxygen atoms in total. The Morgan fingerprint density at radius 1 is 0.550 bits per heavy atom. The minimum Gasteiger partial charge on any atom is -0.508 e. The molecule has 0 amide bonds. The van der Waals surface area contributed by atoms with Crippen LogP contribution in [0.4, 0.5) is 0 Å². The number of aliphatic imine (C=N–C) groups is 2. The highest BCUT2D eigenvalue weighted by Gasteiger charge is 2.27. The summed E-state index contributed by atoms with van der Waals surface area (Å²) in [6.07, 6.45) is 11.5. The summed E-state index contributed by atoms with van der Waals surface area (Å²) in [5, 5.41) is 56.0. The van der Waals surface area contributed by atoms with Crippen molar-refractivity contribution in [2.24, 2.45) is 9.98 Å². The van der Waals surface area contributed by atoms with E-state index in [1.807, 2.05) is 84.9 Å². The van der Waals surface area contributed by atoms with E-state index < -0.39 is 0 Å². The number of hydrogen-bond acceptors (Lipinski definition) is 10. The van der Waals surface area contributed by atoms with Gasteiger partial charge in [0.1, 0.15) is 34.5 Å². The van der Waals surface area contributed by atoms with Crippen LogP contribution in [-0.4, -0.2) is 71.2 Å². The quantitative estimate of drug-likeness (QED) is 0.0633. The van der Waals surface area contributed by atoms with Gasteiger partial charge < -0.3 is 40.5 Å². The molecule has 0 unspecified atom stereocenters. The molecule has 2 aliphatic rings. The lowest BCUT2D eigenvalue weighted by atomic mass is 9.88. The molecule has 0 radical (unpaired) electrons. The van der Waals surface area contributed by atoms with E-state index in [-0.39, 0.29) is 47.2 Å². The second-order valence-corrected chi connectivity index (χ2v) is 16.0. The van der Waals surface area contributed by atoms with Crippen LogP contribution >= 0.6 is 0 Å². The third-order valence-corrected chi connectivity index (χ3v) is 12.3. The van der Waals surface area contributed by atoms with Crippen molar-refractivity contribution in [3.8, 4) is 45.6 Å². The van der Waals surface area contributed by atoms with Gasteiger partial charge in [-0.1, -0.05) is 74.2 Å². The molecule has 0 heterocycles. The van der Waals surface area contributed by atoms with E-state index in [0.29, 0.717) is 57.6 Å². The van der Waals surface area contributed by atoms with Crippen molar-refractivity contribution in [3.63, 3.8) is 0 Å². The summed E-state index contributed by atoms with van der Waals surface area (Å²) in [7, 11) is 3.22. The van der Waals surface area contributed by atoms with Crippen molar-refractivity contribution in [1.82, 2.24) is 10.6 Å². The largest absolute Gasteiger partial charge is 0.508 e. The van der Waals surface area contributed by atoms with Crippen molar-refractivity contribution >= 4 is 34.0 Å². The van der Waals surface area contributed by atoms with Crippen molar-refractivity contribution in [3.05, 3.63) is 119 Å². The Balaban J connectivity index is 1.19. The molecule has 60 heavy (non-hydrogen) atoms. The maximum atomic E-state index is 12.4. The van der Waals surface area contributed by atoms with Crippen molar-refractivity contribution in [2.45, 2.75) is 88.6 Å². The smallest absolute Gasteiger partial charge is 0.132 e. The molecule has 2 aliphatic carbocycles. The van der Waals surface area contributed by atoms with Crippen molar-refractivity contribution in [2.75, 3.05) is 14.2 Å². The number of phenols is 4. The Labute approximate surface area is 351 Å². The highest BCUT2D eigenvalue weighted by Crippen LogP contribution is 2.48. The van der Waals surface area contributed by atoms with Crippen LogP contribution in [0.25, 0.3) is 32.7 Å². The zero-order valence-electron chi connectivity index (χ0n) is 34.3. The Morgan fingerprint density at radius 3 is 1.38 bits per heavy atom. The highest BCUT2D eigenvalue weighted by atomic mass is 16.5. The first-order valence-electron chi connectivity index (χ1n) is 21.1. The van der Waals surface area contributed by atoms with E-state index in [9.17, 15) is 20.4 Å². The fourth-order valence-corrected chi connectivity index (χ4v) is 8.94. The van der Waals surface area contributed by atoms with Crippen molar-refractivity contribution < 1.29 is 29.9 Å². The summed E-state index contributed by atoms with van der Waals surface area (Å²) in [6.45, 7) is 1.06. The number of nitrogens with one attached hydrogen (secondary N) is 2. The lowest BCUT2D eigenvalue weighted by molar-refractivity contribution is 0.327. The maximum Gasteiger partial charge on any atom is 0.132 e. The van der Waals surface area contributed by atoms with Crippen LogP contribution in [0.5, 0.6) is 34.5 Å². The van der Waals surface area contributed by atoms with Gasteiger partial charge in [0.15, 0.2) is 0 Å². The maximum absolute atomic E-state index is 12.4. The van der Waals surface area contributed by atoms with E-state index in [1.165, 1.54) is 0 Å². The summed E-state index contributed by atoms with van der Waals surface area (Å²) in [5.41, 5.74) is 3.65. The number of methoxy groups -OCH3 is 2. The number of ether oxygens (including phenoxy) is 2. The average Bonchev–Trinajstić information content (AvgIpc) is 3.28. The lowest BCUT2D eigenvalue weighted by Gasteiger charge is -2.30. The molecule has 0 saturated heterocycles. The van der Waals surface area contributed by atoms with E-state index in [1.54, 1.807) is 38.8 Å². The summed E-state index contributed by atoms with van der Waals surface area (Å²) >= 11 is 0. The monoisotopic (exact) mass is 806 g/mol. The molecular formula is C50H54N4O6. The van der Waals surface area contributed by atoms with Gasteiger partial charge in [0, 0.05) is 71.0 Å². The van der Waals surface area contributed by atoms with Gasteiger partial charge in [-0.25, -0.2) is 0 Å². The molecule has 4 atom stereocenters. The van der Waals surface area contributed by atoms with Crippen LogP contribution < -0.4 is 20.1 Å². The number of para-hydroxylation sites is 2. The van der Waals surface area contributed by atoms with Gasteiger partial charge in [0.25, 0.3) is 0 Å². The topological polar surface area (TPSA) is 148 Å². The van der Waals surface area contributed by atoms with Gasteiger partial charge in [0.05, 0.1) is 26.3 Å². The molecule has 2 fully saturated rings. The predicted molar refractivity (Wildman–Crippen MR) is 240 cm³/mol. The number of fused-ring (bicyclic) bond motifs is 2. The zero-order valence-corrected chi connectivity index (χ0v) is 34.3. The number of nitrogens with zero attached hydrogens (tertiary/aromatic N) is 2. The van der Waals surface area contributed by atoms with Crippen LogP contribution in [0.2, 0.25) is 0 Å². The zero-order chi connectivity index (χ0) is 41.6. The Hall–Kier alpha value is -6.10. The first kappa shape index (κ1) is 40.7.